The molecule has 0 spiro atoms. The number of nitrogens with zero attached hydrogens (tertiary/aromatic N) is 1. The highest BCUT2D eigenvalue weighted by molar-refractivity contribution is 6.30. The second kappa shape index (κ2) is 12.9. The topological polar surface area (TPSA) is 115 Å². The van der Waals surface area contributed by atoms with Gasteiger partial charge in [0, 0.05) is 28.1 Å². The number of nitrogens with one attached hydrogen (secondary N) is 1. The van der Waals surface area contributed by atoms with E-state index in [0.29, 0.717) is 38.5 Å². The molecule has 0 fully saturated rings. The standard InChI is InChI=1S/C25H25ClN2O6.C2H6/c1-14(29)4-10-21(25(32)33)27-23(30)13-19-15(2)28(22-11-9-18(34-3)12-20(19)22)24(31)16-5-7-17(26)8-6-16;1-2/h5-9,11-12,21H,4,10,13H2,1-3H3,(H,27,30)(H,32,33);1-2H3. The molecule has 0 aliphatic carbocycles. The summed E-state index contributed by atoms with van der Waals surface area (Å²) in [6.07, 6.45) is -0.108. The van der Waals surface area contributed by atoms with Gasteiger partial charge < -0.3 is 20.0 Å². The monoisotopic (exact) mass is 514 g/mol. The third-order valence-electron chi connectivity index (χ3n) is 5.59. The van der Waals surface area contributed by atoms with Crippen molar-refractivity contribution in [2.75, 3.05) is 7.11 Å². The average Bonchev–Trinajstić information content (AvgIpc) is 3.12. The normalized spacial score (nSPS) is 11.3. The highest BCUT2D eigenvalue weighted by atomic mass is 35.5. The summed E-state index contributed by atoms with van der Waals surface area (Å²) in [6, 6.07) is 10.5. The fraction of sp³-hybridized carbons (Fsp3) is 0.333. The zero-order chi connectivity index (χ0) is 27.0. The number of carbonyl (C=O) groups excluding carboxylic acids is 3. The lowest BCUT2D eigenvalue weighted by Gasteiger charge is -2.14. The Labute approximate surface area is 215 Å². The Hall–Kier alpha value is -3.65. The molecule has 1 amide bonds. The van der Waals surface area contributed by atoms with Crippen LogP contribution < -0.4 is 10.1 Å². The lowest BCUT2D eigenvalue weighted by molar-refractivity contribution is -0.142. The number of carboxylic acid groups (broad SMARTS) is 1. The van der Waals surface area contributed by atoms with E-state index >= 15 is 0 Å². The van der Waals surface area contributed by atoms with Crippen molar-refractivity contribution < 1.29 is 29.0 Å². The molecule has 36 heavy (non-hydrogen) atoms. The molecule has 1 aromatic heterocycles. The maximum absolute atomic E-state index is 13.3. The van der Waals surface area contributed by atoms with Crippen molar-refractivity contribution in [2.24, 2.45) is 0 Å². The van der Waals surface area contributed by atoms with Gasteiger partial charge in [0.1, 0.15) is 17.6 Å². The molecule has 0 saturated carbocycles. The number of hydrogen-bond acceptors (Lipinski definition) is 5. The van der Waals surface area contributed by atoms with Crippen LogP contribution in [0.1, 0.15) is 55.2 Å². The van der Waals surface area contributed by atoms with Gasteiger partial charge >= 0.3 is 5.97 Å². The van der Waals surface area contributed by atoms with E-state index in [1.54, 1.807) is 49.4 Å². The summed E-state index contributed by atoms with van der Waals surface area (Å²) in [5, 5.41) is 13.1. The Morgan fingerprint density at radius 1 is 1.08 bits per heavy atom. The summed E-state index contributed by atoms with van der Waals surface area (Å²) in [5.74, 6) is -1.64. The number of ether oxygens (including phenoxy) is 1. The number of benzene rings is 2. The first kappa shape index (κ1) is 28.6. The van der Waals surface area contributed by atoms with E-state index in [2.05, 4.69) is 5.32 Å². The maximum atomic E-state index is 13.3. The summed E-state index contributed by atoms with van der Waals surface area (Å²) in [4.78, 5) is 48.9. The predicted octanol–water partition coefficient (Wildman–Crippen LogP) is 4.81. The predicted molar refractivity (Wildman–Crippen MR) is 139 cm³/mol. The van der Waals surface area contributed by atoms with Crippen molar-refractivity contribution in [3.05, 3.63) is 64.3 Å². The number of methoxy groups -OCH3 is 1. The Bertz CT molecular complexity index is 1260. The number of ketones is 1. The average molecular weight is 515 g/mol. The molecular formula is C27H31ClN2O6. The van der Waals surface area contributed by atoms with Gasteiger partial charge in [0.2, 0.25) is 5.91 Å². The fourth-order valence-electron chi connectivity index (χ4n) is 3.81. The SMILES string of the molecule is CC.COc1ccc2c(c1)c(CC(=O)NC(CCC(C)=O)C(=O)O)c(C)n2C(=O)c1ccc(Cl)cc1. The number of carboxylic acids is 1. The molecule has 2 N–H and O–H groups in total. The van der Waals surface area contributed by atoms with Gasteiger partial charge in [-0.1, -0.05) is 25.4 Å². The Balaban J connectivity index is 0.00000222. The van der Waals surface area contributed by atoms with Crippen LogP contribution in [-0.4, -0.2) is 46.4 Å². The lowest BCUT2D eigenvalue weighted by atomic mass is 10.1. The van der Waals surface area contributed by atoms with E-state index in [4.69, 9.17) is 16.3 Å². The van der Waals surface area contributed by atoms with Gasteiger partial charge in [-0.15, -0.1) is 0 Å². The summed E-state index contributed by atoms with van der Waals surface area (Å²) < 4.78 is 6.84. The Kier molecular flexibility index (Phi) is 10.2. The second-order valence-electron chi connectivity index (χ2n) is 7.97. The van der Waals surface area contributed by atoms with E-state index in [1.165, 1.54) is 18.6 Å². The molecular weight excluding hydrogens is 484 g/mol. The zero-order valence-electron chi connectivity index (χ0n) is 21.1. The van der Waals surface area contributed by atoms with Crippen molar-refractivity contribution >= 4 is 46.1 Å². The number of rotatable bonds is 9. The first-order valence-electron chi connectivity index (χ1n) is 11.6. The molecule has 1 atom stereocenters. The third kappa shape index (κ3) is 6.73. The number of halogens is 1. The molecule has 2 aromatic carbocycles. The van der Waals surface area contributed by atoms with Crippen LogP contribution in [0, 0.1) is 6.92 Å². The largest absolute Gasteiger partial charge is 0.497 e. The van der Waals surface area contributed by atoms with Crippen molar-refractivity contribution in [2.45, 2.75) is 53.0 Å². The zero-order valence-corrected chi connectivity index (χ0v) is 21.8. The third-order valence-corrected chi connectivity index (χ3v) is 5.84. The number of hydrogen-bond donors (Lipinski definition) is 2. The van der Waals surface area contributed by atoms with Crippen LogP contribution in [0.2, 0.25) is 5.02 Å². The first-order chi connectivity index (χ1) is 17.1. The fourth-order valence-corrected chi connectivity index (χ4v) is 3.93. The van der Waals surface area contributed by atoms with E-state index < -0.39 is 17.9 Å². The molecule has 1 heterocycles. The van der Waals surface area contributed by atoms with Gasteiger partial charge in [-0.05, 0) is 68.3 Å². The molecule has 0 bridgehead atoms. The number of fused-ring (bicyclic) bond motifs is 1. The van der Waals surface area contributed by atoms with Gasteiger partial charge in [0.05, 0.1) is 19.0 Å². The van der Waals surface area contributed by atoms with E-state index in [9.17, 15) is 24.3 Å². The highest BCUT2D eigenvalue weighted by Gasteiger charge is 2.25. The number of aliphatic carboxylic acids is 1. The van der Waals surface area contributed by atoms with Gasteiger partial charge in [-0.2, -0.15) is 0 Å². The molecule has 9 heteroatoms. The lowest BCUT2D eigenvalue weighted by Crippen LogP contribution is -2.41. The van der Waals surface area contributed by atoms with Crippen LogP contribution in [0.3, 0.4) is 0 Å². The maximum Gasteiger partial charge on any atom is 0.326 e. The smallest absolute Gasteiger partial charge is 0.326 e. The highest BCUT2D eigenvalue weighted by Crippen LogP contribution is 2.31. The minimum absolute atomic E-state index is 0.0000238. The molecule has 3 rings (SSSR count). The van der Waals surface area contributed by atoms with Crippen LogP contribution in [0.5, 0.6) is 5.75 Å². The van der Waals surface area contributed by atoms with Crippen LogP contribution >= 0.6 is 11.6 Å². The number of aromatic nitrogens is 1. The number of carbonyl (C=O) groups is 4. The molecule has 0 radical (unpaired) electrons. The second-order valence-corrected chi connectivity index (χ2v) is 8.41. The Morgan fingerprint density at radius 3 is 2.28 bits per heavy atom. The van der Waals surface area contributed by atoms with Crippen LogP contribution in [0.15, 0.2) is 42.5 Å². The van der Waals surface area contributed by atoms with Crippen LogP contribution in [0.4, 0.5) is 0 Å². The van der Waals surface area contributed by atoms with Crippen molar-refractivity contribution in [1.82, 2.24) is 9.88 Å². The Morgan fingerprint density at radius 2 is 1.72 bits per heavy atom. The summed E-state index contributed by atoms with van der Waals surface area (Å²) in [5.41, 5.74) is 2.14. The van der Waals surface area contributed by atoms with E-state index in [-0.39, 0.29) is 31.0 Å². The van der Waals surface area contributed by atoms with E-state index in [0.717, 1.165) is 0 Å². The molecule has 0 saturated heterocycles. The van der Waals surface area contributed by atoms with Crippen LogP contribution in [-0.2, 0) is 20.8 Å². The van der Waals surface area contributed by atoms with E-state index in [1.807, 2.05) is 13.8 Å². The van der Waals surface area contributed by atoms with Gasteiger partial charge in [-0.3, -0.25) is 14.2 Å². The molecule has 0 aliphatic heterocycles. The van der Waals surface area contributed by atoms with Crippen LogP contribution in [0.25, 0.3) is 10.9 Å². The quantitative estimate of drug-likeness (QED) is 0.423. The number of Topliss-reactive ketones (excluding diaryl/α,β-unsaturated/α-hetero) is 1. The van der Waals surface area contributed by atoms with Gasteiger partial charge in [0.15, 0.2) is 0 Å². The van der Waals surface area contributed by atoms with Crippen molar-refractivity contribution in [3.8, 4) is 5.75 Å². The summed E-state index contributed by atoms with van der Waals surface area (Å²) >= 11 is 5.95. The van der Waals surface area contributed by atoms with Crippen molar-refractivity contribution in [1.29, 1.82) is 0 Å². The summed E-state index contributed by atoms with van der Waals surface area (Å²) in [7, 11) is 1.52. The molecule has 1 unspecified atom stereocenters. The first-order valence-corrected chi connectivity index (χ1v) is 12.0. The minimum Gasteiger partial charge on any atom is -0.497 e. The molecule has 8 nitrogen and oxygen atoms in total. The van der Waals surface area contributed by atoms with Crippen molar-refractivity contribution in [3.63, 3.8) is 0 Å². The molecule has 0 aliphatic rings. The summed E-state index contributed by atoms with van der Waals surface area (Å²) in [6.45, 7) is 7.09. The number of amides is 1. The van der Waals surface area contributed by atoms with Gasteiger partial charge in [-0.25, -0.2) is 4.79 Å². The molecule has 192 valence electrons. The minimum atomic E-state index is -1.21. The van der Waals surface area contributed by atoms with Gasteiger partial charge in [0.25, 0.3) is 5.91 Å². The molecule has 3 aromatic rings.